The summed E-state index contributed by atoms with van der Waals surface area (Å²) in [6.45, 7) is 0.479. The van der Waals surface area contributed by atoms with Crippen LogP contribution in [-0.4, -0.2) is 31.3 Å². The zero-order valence-corrected chi connectivity index (χ0v) is 15.5. The van der Waals surface area contributed by atoms with E-state index in [-0.39, 0.29) is 5.41 Å². The Morgan fingerprint density at radius 1 is 1.25 bits per heavy atom. The molecule has 4 rings (SSSR count). The topological polar surface area (TPSA) is 53.2 Å². The van der Waals surface area contributed by atoms with Crippen molar-refractivity contribution in [2.75, 3.05) is 13.6 Å². The van der Waals surface area contributed by atoms with Gasteiger partial charge in [-0.05, 0) is 36.6 Å². The number of para-hydroxylation sites is 1. The van der Waals surface area contributed by atoms with Crippen molar-refractivity contribution in [2.24, 2.45) is 0 Å². The van der Waals surface area contributed by atoms with Crippen LogP contribution in [0.1, 0.15) is 18.4 Å². The first-order valence-electron chi connectivity index (χ1n) is 7.71. The number of likely N-dealkylation sites (N-methyl/N-ethyl adjacent to an activating group) is 1. The first kappa shape index (κ1) is 16.1. The number of hydrogen-bond donors (Lipinski definition) is 1. The molecular formula is C17H17ClN2O2S2. The SMILES string of the molecule is CN(CC1(c2c[nH]c3ccccc23)CC1)S(=O)(=O)c1ccc(Cl)s1. The molecule has 3 aromatic rings. The van der Waals surface area contributed by atoms with Crippen LogP contribution < -0.4 is 0 Å². The fourth-order valence-electron chi connectivity index (χ4n) is 3.27. The molecule has 126 valence electrons. The Balaban J connectivity index is 1.65. The quantitative estimate of drug-likeness (QED) is 0.719. The number of fused-ring (bicyclic) bond motifs is 1. The van der Waals surface area contributed by atoms with Gasteiger partial charge in [0.25, 0.3) is 10.0 Å². The average molecular weight is 381 g/mol. The molecule has 4 nitrogen and oxygen atoms in total. The third-order valence-electron chi connectivity index (χ3n) is 4.75. The van der Waals surface area contributed by atoms with Crippen LogP contribution in [0.15, 0.2) is 46.8 Å². The number of nitrogens with one attached hydrogen (secondary N) is 1. The summed E-state index contributed by atoms with van der Waals surface area (Å²) in [4.78, 5) is 3.30. The van der Waals surface area contributed by atoms with Crippen LogP contribution in [0.4, 0.5) is 0 Å². The van der Waals surface area contributed by atoms with Gasteiger partial charge in [-0.15, -0.1) is 11.3 Å². The van der Waals surface area contributed by atoms with Crippen molar-refractivity contribution in [3.8, 4) is 0 Å². The average Bonchev–Trinajstić information content (AvgIpc) is 2.99. The molecule has 0 radical (unpaired) electrons. The molecule has 2 aromatic heterocycles. The van der Waals surface area contributed by atoms with E-state index in [1.807, 2.05) is 24.4 Å². The normalized spacial score (nSPS) is 16.8. The fraction of sp³-hybridized carbons (Fsp3) is 0.294. The molecule has 1 aromatic carbocycles. The number of thiophene rings is 1. The molecular weight excluding hydrogens is 364 g/mol. The van der Waals surface area contributed by atoms with E-state index in [1.165, 1.54) is 15.3 Å². The Labute approximate surface area is 150 Å². The van der Waals surface area contributed by atoms with Gasteiger partial charge >= 0.3 is 0 Å². The van der Waals surface area contributed by atoms with Crippen molar-refractivity contribution in [3.05, 3.63) is 52.5 Å². The van der Waals surface area contributed by atoms with Crippen molar-refractivity contribution in [1.29, 1.82) is 0 Å². The maximum atomic E-state index is 12.8. The molecule has 0 aliphatic heterocycles. The van der Waals surface area contributed by atoms with E-state index in [1.54, 1.807) is 19.2 Å². The van der Waals surface area contributed by atoms with Crippen molar-refractivity contribution in [3.63, 3.8) is 0 Å². The number of hydrogen-bond acceptors (Lipinski definition) is 3. The Morgan fingerprint density at radius 3 is 2.67 bits per heavy atom. The van der Waals surface area contributed by atoms with Gasteiger partial charge in [0.05, 0.1) is 4.34 Å². The number of H-pyrrole nitrogens is 1. The molecule has 7 heteroatoms. The summed E-state index contributed by atoms with van der Waals surface area (Å²) in [6, 6.07) is 11.4. The molecule has 0 saturated heterocycles. The fourth-order valence-corrected chi connectivity index (χ4v) is 6.23. The van der Waals surface area contributed by atoms with Crippen LogP contribution in [-0.2, 0) is 15.4 Å². The third kappa shape index (κ3) is 2.58. The Bertz CT molecular complexity index is 1000. The molecule has 1 aliphatic carbocycles. The molecule has 0 bridgehead atoms. The van der Waals surface area contributed by atoms with E-state index >= 15 is 0 Å². The molecule has 0 spiro atoms. The summed E-state index contributed by atoms with van der Waals surface area (Å²) in [5.41, 5.74) is 2.21. The largest absolute Gasteiger partial charge is 0.361 e. The molecule has 1 saturated carbocycles. The van der Waals surface area contributed by atoms with E-state index < -0.39 is 10.0 Å². The lowest BCUT2D eigenvalue weighted by atomic mass is 9.95. The lowest BCUT2D eigenvalue weighted by molar-refractivity contribution is 0.429. The zero-order valence-electron chi connectivity index (χ0n) is 13.1. The Hall–Kier alpha value is -1.34. The highest BCUT2D eigenvalue weighted by molar-refractivity contribution is 7.91. The van der Waals surface area contributed by atoms with Gasteiger partial charge in [-0.1, -0.05) is 29.8 Å². The molecule has 0 unspecified atom stereocenters. The van der Waals surface area contributed by atoms with E-state index in [4.69, 9.17) is 11.6 Å². The maximum Gasteiger partial charge on any atom is 0.252 e. The predicted octanol–water partition coefficient (Wildman–Crippen LogP) is 4.24. The summed E-state index contributed by atoms with van der Waals surface area (Å²) in [6.07, 6.45) is 4.03. The van der Waals surface area contributed by atoms with Crippen molar-refractivity contribution in [1.82, 2.24) is 9.29 Å². The highest BCUT2D eigenvalue weighted by atomic mass is 35.5. The number of aromatic nitrogens is 1. The standard InChI is InChI=1S/C17H17ClN2O2S2/c1-20(24(21,22)16-7-6-15(18)23-16)11-17(8-9-17)13-10-19-14-5-3-2-4-12(13)14/h2-7,10,19H,8-9,11H2,1H3. The Kier molecular flexibility index (Phi) is 3.76. The number of aromatic amines is 1. The minimum atomic E-state index is -3.50. The molecule has 1 fully saturated rings. The maximum absolute atomic E-state index is 12.8. The van der Waals surface area contributed by atoms with E-state index in [9.17, 15) is 8.42 Å². The second-order valence-corrected chi connectivity index (χ2v) is 10.3. The van der Waals surface area contributed by atoms with E-state index in [0.717, 1.165) is 29.7 Å². The van der Waals surface area contributed by atoms with Gasteiger partial charge in [-0.2, -0.15) is 4.31 Å². The highest BCUT2D eigenvalue weighted by Gasteiger charge is 2.48. The lowest BCUT2D eigenvalue weighted by Gasteiger charge is -2.23. The predicted molar refractivity (Wildman–Crippen MR) is 98.4 cm³/mol. The summed E-state index contributed by atoms with van der Waals surface area (Å²) in [5, 5.41) is 1.18. The molecule has 1 N–H and O–H groups in total. The molecule has 0 amide bonds. The van der Waals surface area contributed by atoms with Crippen LogP contribution in [0.25, 0.3) is 10.9 Å². The van der Waals surface area contributed by atoms with Crippen molar-refractivity contribution >= 4 is 43.9 Å². The third-order valence-corrected chi connectivity index (χ3v) is 8.25. The number of benzene rings is 1. The second kappa shape index (κ2) is 5.59. The number of halogens is 1. The second-order valence-electron chi connectivity index (χ2n) is 6.35. The summed E-state index contributed by atoms with van der Waals surface area (Å²) in [5.74, 6) is 0. The van der Waals surface area contributed by atoms with Gasteiger partial charge in [0.2, 0.25) is 0 Å². The number of sulfonamides is 1. The molecule has 1 aliphatic rings. The van der Waals surface area contributed by atoms with Crippen LogP contribution in [0.5, 0.6) is 0 Å². The molecule has 2 heterocycles. The number of rotatable bonds is 5. The van der Waals surface area contributed by atoms with Crippen LogP contribution in [0.2, 0.25) is 4.34 Å². The van der Waals surface area contributed by atoms with Crippen LogP contribution >= 0.6 is 22.9 Å². The minimum Gasteiger partial charge on any atom is -0.361 e. The van der Waals surface area contributed by atoms with Crippen LogP contribution in [0.3, 0.4) is 0 Å². The van der Waals surface area contributed by atoms with Crippen LogP contribution in [0, 0.1) is 0 Å². The monoisotopic (exact) mass is 380 g/mol. The van der Waals surface area contributed by atoms with E-state index in [0.29, 0.717) is 15.1 Å². The first-order chi connectivity index (χ1) is 11.4. The van der Waals surface area contributed by atoms with Gasteiger partial charge in [0, 0.05) is 36.1 Å². The minimum absolute atomic E-state index is 0.0948. The van der Waals surface area contributed by atoms with E-state index in [2.05, 4.69) is 11.1 Å². The van der Waals surface area contributed by atoms with Gasteiger partial charge in [-0.25, -0.2) is 8.42 Å². The number of nitrogens with zero attached hydrogens (tertiary/aromatic N) is 1. The lowest BCUT2D eigenvalue weighted by Crippen LogP contribution is -2.34. The van der Waals surface area contributed by atoms with Crippen molar-refractivity contribution in [2.45, 2.75) is 22.5 Å². The van der Waals surface area contributed by atoms with Gasteiger partial charge in [-0.3, -0.25) is 0 Å². The summed E-state index contributed by atoms with van der Waals surface area (Å²) in [7, 11) is -1.85. The van der Waals surface area contributed by atoms with Crippen molar-refractivity contribution < 1.29 is 8.42 Å². The first-order valence-corrected chi connectivity index (χ1v) is 10.3. The molecule has 0 atom stereocenters. The smallest absolute Gasteiger partial charge is 0.252 e. The molecule has 24 heavy (non-hydrogen) atoms. The summed E-state index contributed by atoms with van der Waals surface area (Å²) < 4.78 is 27.8. The van der Waals surface area contributed by atoms with Gasteiger partial charge < -0.3 is 4.98 Å². The highest BCUT2D eigenvalue weighted by Crippen LogP contribution is 2.51. The van der Waals surface area contributed by atoms with Gasteiger partial charge in [0.1, 0.15) is 4.21 Å². The summed E-state index contributed by atoms with van der Waals surface area (Å²) >= 11 is 6.99. The Morgan fingerprint density at radius 2 is 2.00 bits per heavy atom. The van der Waals surface area contributed by atoms with Gasteiger partial charge in [0.15, 0.2) is 0 Å². The zero-order chi connectivity index (χ0) is 16.9.